The lowest BCUT2D eigenvalue weighted by atomic mass is 10.0. The molecule has 0 fully saturated rings. The number of fused-ring (bicyclic) bond motifs is 1. The summed E-state index contributed by atoms with van der Waals surface area (Å²) in [4.78, 5) is 4.30. The first-order chi connectivity index (χ1) is 7.81. The fraction of sp³-hybridized carbons (Fsp3) is 0.214. The SMILES string of the molecule is C/C(=C/CCN)c1ccc2ncccc2c1. The van der Waals surface area contributed by atoms with Crippen LogP contribution in [0.4, 0.5) is 0 Å². The summed E-state index contributed by atoms with van der Waals surface area (Å²) >= 11 is 0. The van der Waals surface area contributed by atoms with Crippen LogP contribution < -0.4 is 5.73 Å². The first kappa shape index (κ1) is 10.8. The number of benzene rings is 1. The highest BCUT2D eigenvalue weighted by molar-refractivity contribution is 5.82. The fourth-order valence-corrected chi connectivity index (χ4v) is 1.74. The smallest absolute Gasteiger partial charge is 0.0702 e. The maximum Gasteiger partial charge on any atom is 0.0702 e. The van der Waals surface area contributed by atoms with Gasteiger partial charge < -0.3 is 5.73 Å². The zero-order valence-electron chi connectivity index (χ0n) is 9.48. The van der Waals surface area contributed by atoms with Crippen molar-refractivity contribution in [3.8, 4) is 0 Å². The van der Waals surface area contributed by atoms with Crippen LogP contribution in [0.25, 0.3) is 16.5 Å². The molecule has 0 aliphatic carbocycles. The third-order valence-corrected chi connectivity index (χ3v) is 2.68. The molecule has 1 aromatic carbocycles. The summed E-state index contributed by atoms with van der Waals surface area (Å²) in [6.07, 6.45) is 4.92. The maximum atomic E-state index is 5.49. The molecule has 16 heavy (non-hydrogen) atoms. The first-order valence-electron chi connectivity index (χ1n) is 5.53. The maximum absolute atomic E-state index is 5.49. The van der Waals surface area contributed by atoms with Crippen molar-refractivity contribution in [1.82, 2.24) is 4.98 Å². The van der Waals surface area contributed by atoms with Gasteiger partial charge in [-0.25, -0.2) is 0 Å². The van der Waals surface area contributed by atoms with Crippen LogP contribution in [0.3, 0.4) is 0 Å². The number of pyridine rings is 1. The van der Waals surface area contributed by atoms with Crippen molar-refractivity contribution in [3.05, 3.63) is 48.2 Å². The van der Waals surface area contributed by atoms with Crippen LogP contribution in [0.5, 0.6) is 0 Å². The van der Waals surface area contributed by atoms with Crippen LogP contribution in [0, 0.1) is 0 Å². The predicted octanol–water partition coefficient (Wildman–Crippen LogP) is 2.99. The molecule has 0 aliphatic heterocycles. The van der Waals surface area contributed by atoms with Crippen molar-refractivity contribution < 1.29 is 0 Å². The van der Waals surface area contributed by atoms with Crippen LogP contribution in [0.2, 0.25) is 0 Å². The van der Waals surface area contributed by atoms with Crippen LogP contribution in [0.1, 0.15) is 18.9 Å². The molecule has 1 heterocycles. The molecule has 0 aliphatic rings. The van der Waals surface area contributed by atoms with Gasteiger partial charge in [0.25, 0.3) is 0 Å². The highest BCUT2D eigenvalue weighted by atomic mass is 14.6. The van der Waals surface area contributed by atoms with Gasteiger partial charge in [0.2, 0.25) is 0 Å². The minimum Gasteiger partial charge on any atom is -0.330 e. The van der Waals surface area contributed by atoms with Crippen molar-refractivity contribution in [2.24, 2.45) is 5.73 Å². The fourth-order valence-electron chi connectivity index (χ4n) is 1.74. The lowest BCUT2D eigenvalue weighted by molar-refractivity contribution is 1.01. The van der Waals surface area contributed by atoms with Gasteiger partial charge in [-0.1, -0.05) is 18.2 Å². The van der Waals surface area contributed by atoms with Crippen molar-refractivity contribution in [2.45, 2.75) is 13.3 Å². The summed E-state index contributed by atoms with van der Waals surface area (Å²) in [6.45, 7) is 2.82. The average Bonchev–Trinajstić information content (AvgIpc) is 2.35. The van der Waals surface area contributed by atoms with Crippen LogP contribution in [0.15, 0.2) is 42.6 Å². The van der Waals surface area contributed by atoms with E-state index >= 15 is 0 Å². The first-order valence-corrected chi connectivity index (χ1v) is 5.53. The highest BCUT2D eigenvalue weighted by Crippen LogP contribution is 2.19. The molecule has 2 rings (SSSR count). The van der Waals surface area contributed by atoms with E-state index in [9.17, 15) is 0 Å². The molecule has 0 radical (unpaired) electrons. The number of rotatable bonds is 3. The largest absolute Gasteiger partial charge is 0.330 e. The molecule has 1 aromatic heterocycles. The summed E-state index contributed by atoms with van der Waals surface area (Å²) in [5.74, 6) is 0. The Hall–Kier alpha value is -1.67. The van der Waals surface area contributed by atoms with Gasteiger partial charge in [0.1, 0.15) is 0 Å². The Morgan fingerprint density at radius 3 is 3.06 bits per heavy atom. The second-order valence-corrected chi connectivity index (χ2v) is 3.88. The van der Waals surface area contributed by atoms with Gasteiger partial charge in [0.15, 0.2) is 0 Å². The number of hydrogen-bond donors (Lipinski definition) is 1. The van der Waals surface area contributed by atoms with E-state index < -0.39 is 0 Å². The Kier molecular flexibility index (Phi) is 3.32. The Bertz CT molecular complexity index is 515. The molecule has 2 N–H and O–H groups in total. The number of allylic oxidation sites excluding steroid dienone is 1. The molecule has 0 amide bonds. The molecule has 0 atom stereocenters. The van der Waals surface area contributed by atoms with Crippen molar-refractivity contribution in [1.29, 1.82) is 0 Å². The van der Waals surface area contributed by atoms with Gasteiger partial charge in [0.05, 0.1) is 5.52 Å². The van der Waals surface area contributed by atoms with Gasteiger partial charge in [-0.3, -0.25) is 4.98 Å². The molecule has 0 saturated heterocycles. The zero-order chi connectivity index (χ0) is 11.4. The number of nitrogens with two attached hydrogens (primary N) is 1. The molecule has 0 bridgehead atoms. The molecule has 82 valence electrons. The second-order valence-electron chi connectivity index (χ2n) is 3.88. The van der Waals surface area contributed by atoms with Crippen LogP contribution >= 0.6 is 0 Å². The minimum absolute atomic E-state index is 0.701. The summed E-state index contributed by atoms with van der Waals surface area (Å²) < 4.78 is 0. The van der Waals surface area contributed by atoms with Crippen molar-refractivity contribution in [2.75, 3.05) is 6.54 Å². The molecular formula is C14H16N2. The summed E-state index contributed by atoms with van der Waals surface area (Å²) in [6, 6.07) is 10.4. The Morgan fingerprint density at radius 2 is 2.25 bits per heavy atom. The van der Waals surface area contributed by atoms with Gasteiger partial charge in [-0.05, 0) is 49.2 Å². The normalized spacial score (nSPS) is 12.0. The van der Waals surface area contributed by atoms with E-state index in [-0.39, 0.29) is 0 Å². The lowest BCUT2D eigenvalue weighted by Crippen LogP contribution is -1.95. The summed E-state index contributed by atoms with van der Waals surface area (Å²) in [7, 11) is 0. The number of nitrogens with zero attached hydrogens (tertiary/aromatic N) is 1. The average molecular weight is 212 g/mol. The van der Waals surface area contributed by atoms with E-state index in [0.717, 1.165) is 11.9 Å². The van der Waals surface area contributed by atoms with Crippen LogP contribution in [-0.2, 0) is 0 Å². The number of aromatic nitrogens is 1. The molecule has 2 aromatic rings. The second kappa shape index (κ2) is 4.90. The molecule has 0 saturated carbocycles. The van der Waals surface area contributed by atoms with E-state index in [1.807, 2.05) is 12.3 Å². The van der Waals surface area contributed by atoms with E-state index in [0.29, 0.717) is 6.54 Å². The Balaban J connectivity index is 2.39. The van der Waals surface area contributed by atoms with Gasteiger partial charge >= 0.3 is 0 Å². The third kappa shape index (κ3) is 2.28. The van der Waals surface area contributed by atoms with Crippen molar-refractivity contribution >= 4 is 16.5 Å². The van der Waals surface area contributed by atoms with E-state index in [1.165, 1.54) is 16.5 Å². The monoisotopic (exact) mass is 212 g/mol. The van der Waals surface area contributed by atoms with E-state index in [2.05, 4.69) is 42.2 Å². The van der Waals surface area contributed by atoms with Crippen molar-refractivity contribution in [3.63, 3.8) is 0 Å². The number of hydrogen-bond acceptors (Lipinski definition) is 2. The molecule has 2 heteroatoms. The van der Waals surface area contributed by atoms with Gasteiger partial charge in [0, 0.05) is 11.6 Å². The molecule has 0 spiro atoms. The van der Waals surface area contributed by atoms with Gasteiger partial charge in [-0.15, -0.1) is 0 Å². The van der Waals surface area contributed by atoms with E-state index in [1.54, 1.807) is 0 Å². The third-order valence-electron chi connectivity index (χ3n) is 2.68. The highest BCUT2D eigenvalue weighted by Gasteiger charge is 1.98. The quantitative estimate of drug-likeness (QED) is 0.849. The summed E-state index contributed by atoms with van der Waals surface area (Å²) in [5, 5.41) is 1.18. The molecule has 0 unspecified atom stereocenters. The van der Waals surface area contributed by atoms with Gasteiger partial charge in [-0.2, -0.15) is 0 Å². The van der Waals surface area contributed by atoms with Crippen LogP contribution in [-0.4, -0.2) is 11.5 Å². The zero-order valence-corrected chi connectivity index (χ0v) is 9.48. The summed E-state index contributed by atoms with van der Waals surface area (Å²) in [5.41, 5.74) is 9.05. The predicted molar refractivity (Wildman–Crippen MR) is 69.1 cm³/mol. The Labute approximate surface area is 95.8 Å². The van der Waals surface area contributed by atoms with E-state index in [4.69, 9.17) is 5.73 Å². The molecular weight excluding hydrogens is 196 g/mol. The minimum atomic E-state index is 0.701. The Morgan fingerprint density at radius 1 is 1.38 bits per heavy atom. The topological polar surface area (TPSA) is 38.9 Å². The molecule has 2 nitrogen and oxygen atoms in total. The standard InChI is InChI=1S/C14H16N2/c1-11(4-2-8-15)12-6-7-14-13(10-12)5-3-9-16-14/h3-7,9-10H,2,8,15H2,1H3/b11-4-. The lowest BCUT2D eigenvalue weighted by Gasteiger charge is -2.03.